The summed E-state index contributed by atoms with van der Waals surface area (Å²) in [5.74, 6) is 0. The zero-order valence-corrected chi connectivity index (χ0v) is 20.3. The second kappa shape index (κ2) is 8.80. The molecule has 1 aliphatic heterocycles. The number of urea groups is 1. The molecule has 2 aromatic carbocycles. The summed E-state index contributed by atoms with van der Waals surface area (Å²) in [5.41, 5.74) is 7.44. The van der Waals surface area contributed by atoms with Crippen molar-refractivity contribution in [3.8, 4) is 5.00 Å². The predicted molar refractivity (Wildman–Crippen MR) is 138 cm³/mol. The maximum absolute atomic E-state index is 13.8. The van der Waals surface area contributed by atoms with Crippen LogP contribution in [0.4, 0.5) is 4.79 Å². The van der Waals surface area contributed by atoms with Crippen molar-refractivity contribution in [2.75, 3.05) is 0 Å². The smallest absolute Gasteiger partial charge is 0.318 e. The molecule has 3 heterocycles. The number of nitrogens with zero attached hydrogens (tertiary/aromatic N) is 2. The van der Waals surface area contributed by atoms with E-state index in [1.165, 1.54) is 39.4 Å². The molecular formula is C29H29N3OS. The number of benzene rings is 2. The van der Waals surface area contributed by atoms with E-state index in [9.17, 15) is 4.79 Å². The van der Waals surface area contributed by atoms with Crippen molar-refractivity contribution in [3.63, 3.8) is 0 Å². The lowest BCUT2D eigenvalue weighted by Gasteiger charge is -2.31. The highest BCUT2D eigenvalue weighted by molar-refractivity contribution is 7.15. The molecule has 0 radical (unpaired) electrons. The van der Waals surface area contributed by atoms with Gasteiger partial charge in [-0.2, -0.15) is 0 Å². The fourth-order valence-corrected chi connectivity index (χ4v) is 6.76. The first-order chi connectivity index (χ1) is 16.7. The Bertz CT molecular complexity index is 1320. The molecule has 172 valence electrons. The number of rotatable bonds is 3. The number of carbonyl (C=O) groups excluding carboxylic acids is 1. The topological polar surface area (TPSA) is 37.3 Å². The summed E-state index contributed by atoms with van der Waals surface area (Å²) in [4.78, 5) is 17.4. The van der Waals surface area contributed by atoms with E-state index in [1.54, 1.807) is 0 Å². The van der Waals surface area contributed by atoms with Crippen LogP contribution in [0.3, 0.4) is 0 Å². The summed E-state index contributed by atoms with van der Waals surface area (Å²) in [6.07, 6.45) is 6.94. The Morgan fingerprint density at radius 2 is 1.76 bits per heavy atom. The third kappa shape index (κ3) is 3.74. The van der Waals surface area contributed by atoms with E-state index in [4.69, 9.17) is 0 Å². The van der Waals surface area contributed by atoms with Crippen LogP contribution in [0.25, 0.3) is 5.00 Å². The van der Waals surface area contributed by atoms with E-state index in [-0.39, 0.29) is 12.1 Å². The monoisotopic (exact) mass is 467 g/mol. The second-order valence-electron chi connectivity index (χ2n) is 9.38. The van der Waals surface area contributed by atoms with Gasteiger partial charge in [-0.05, 0) is 61.4 Å². The molecule has 1 aliphatic carbocycles. The van der Waals surface area contributed by atoms with Gasteiger partial charge in [0.05, 0.1) is 18.3 Å². The quantitative estimate of drug-likeness (QED) is 0.365. The van der Waals surface area contributed by atoms with Gasteiger partial charge in [0, 0.05) is 23.2 Å². The molecule has 0 bridgehead atoms. The van der Waals surface area contributed by atoms with Crippen molar-refractivity contribution in [1.82, 2.24) is 14.8 Å². The van der Waals surface area contributed by atoms with Gasteiger partial charge in [0.2, 0.25) is 0 Å². The van der Waals surface area contributed by atoms with Gasteiger partial charge in [0.15, 0.2) is 0 Å². The third-order valence-electron chi connectivity index (χ3n) is 7.12. The van der Waals surface area contributed by atoms with E-state index in [0.717, 1.165) is 29.7 Å². The number of hydrogen-bond donors (Lipinski definition) is 1. The Hall–Kier alpha value is -3.31. The molecule has 0 saturated carbocycles. The minimum atomic E-state index is -0.145. The highest BCUT2D eigenvalue weighted by Gasteiger charge is 2.35. The van der Waals surface area contributed by atoms with Crippen molar-refractivity contribution >= 4 is 17.4 Å². The zero-order valence-electron chi connectivity index (χ0n) is 19.5. The van der Waals surface area contributed by atoms with Crippen LogP contribution < -0.4 is 5.32 Å². The molecule has 0 unspecified atom stereocenters. The van der Waals surface area contributed by atoms with Gasteiger partial charge in [0.25, 0.3) is 0 Å². The second-order valence-corrected chi connectivity index (χ2v) is 10.5. The van der Waals surface area contributed by atoms with Gasteiger partial charge in [-0.1, -0.05) is 60.2 Å². The van der Waals surface area contributed by atoms with Crippen LogP contribution in [0.15, 0.2) is 72.9 Å². The number of carbonyl (C=O) groups is 1. The minimum absolute atomic E-state index is 0.0224. The molecule has 2 aromatic heterocycles. The number of aromatic nitrogens is 1. The number of aryl methyl sites for hydroxylation is 2. The van der Waals surface area contributed by atoms with Gasteiger partial charge < -0.3 is 14.8 Å². The molecule has 2 amide bonds. The summed E-state index contributed by atoms with van der Waals surface area (Å²) in [6, 6.07) is 22.9. The van der Waals surface area contributed by atoms with Crippen molar-refractivity contribution in [2.45, 2.75) is 51.7 Å². The van der Waals surface area contributed by atoms with Crippen LogP contribution in [0.5, 0.6) is 0 Å². The Labute approximate surface area is 204 Å². The van der Waals surface area contributed by atoms with E-state index in [2.05, 4.69) is 83.7 Å². The van der Waals surface area contributed by atoms with Crippen molar-refractivity contribution < 1.29 is 4.79 Å². The molecule has 4 aromatic rings. The number of hydrogen-bond acceptors (Lipinski definition) is 2. The SMILES string of the molecule is Cc1ccc(CNC(=O)N2Cc3c(sc4c3CCCC4)-n3cccc3[C@H]2c2ccccc2)cc1. The van der Waals surface area contributed by atoms with E-state index in [1.807, 2.05) is 22.3 Å². The summed E-state index contributed by atoms with van der Waals surface area (Å²) in [5, 5.41) is 4.52. The summed E-state index contributed by atoms with van der Waals surface area (Å²) in [6.45, 7) is 3.23. The molecule has 1 N–H and O–H groups in total. The van der Waals surface area contributed by atoms with Crippen LogP contribution in [0, 0.1) is 6.92 Å². The highest BCUT2D eigenvalue weighted by atomic mass is 32.1. The van der Waals surface area contributed by atoms with Crippen LogP contribution in [-0.2, 0) is 25.9 Å². The number of thiophene rings is 1. The van der Waals surface area contributed by atoms with Gasteiger partial charge in [0.1, 0.15) is 5.00 Å². The normalized spacial score (nSPS) is 16.9. The van der Waals surface area contributed by atoms with Crippen molar-refractivity contribution in [1.29, 1.82) is 0 Å². The van der Waals surface area contributed by atoms with Crippen LogP contribution in [0.1, 0.15) is 57.3 Å². The largest absolute Gasteiger partial charge is 0.334 e. The van der Waals surface area contributed by atoms with E-state index in [0.29, 0.717) is 13.1 Å². The van der Waals surface area contributed by atoms with Gasteiger partial charge >= 0.3 is 6.03 Å². The first-order valence-electron chi connectivity index (χ1n) is 12.1. The summed E-state index contributed by atoms with van der Waals surface area (Å²) in [7, 11) is 0. The molecule has 6 rings (SSSR count). The molecular weight excluding hydrogens is 438 g/mol. The van der Waals surface area contributed by atoms with E-state index < -0.39 is 0 Å². The maximum atomic E-state index is 13.8. The molecule has 5 heteroatoms. The molecule has 0 saturated heterocycles. The lowest BCUT2D eigenvalue weighted by Crippen LogP contribution is -2.41. The third-order valence-corrected chi connectivity index (χ3v) is 8.45. The molecule has 0 spiro atoms. The molecule has 34 heavy (non-hydrogen) atoms. The Morgan fingerprint density at radius 1 is 0.971 bits per heavy atom. The standard InChI is InChI=1S/C29H29N3OS/c1-20-13-15-21(16-14-20)18-30-29(33)32-19-24-23-10-5-6-12-26(23)34-28(24)31-17-7-11-25(31)27(32)22-8-3-2-4-9-22/h2-4,7-9,11,13-17,27H,5-6,10,12,18-19H2,1H3,(H,30,33)/t27-/m1/s1. The Kier molecular flexibility index (Phi) is 5.50. The van der Waals surface area contributed by atoms with Gasteiger partial charge in [-0.15, -0.1) is 11.3 Å². The molecule has 1 atom stereocenters. The maximum Gasteiger partial charge on any atom is 0.318 e. The van der Waals surface area contributed by atoms with Gasteiger partial charge in [-0.3, -0.25) is 0 Å². The average molecular weight is 468 g/mol. The highest BCUT2D eigenvalue weighted by Crippen LogP contribution is 2.43. The fraction of sp³-hybridized carbons (Fsp3) is 0.276. The van der Waals surface area contributed by atoms with Crippen molar-refractivity contribution in [3.05, 3.63) is 111 Å². The van der Waals surface area contributed by atoms with Crippen LogP contribution in [-0.4, -0.2) is 15.5 Å². The number of fused-ring (bicyclic) bond motifs is 5. The summed E-state index contributed by atoms with van der Waals surface area (Å²) >= 11 is 1.93. The Balaban J connectivity index is 1.42. The minimum Gasteiger partial charge on any atom is -0.334 e. The van der Waals surface area contributed by atoms with Crippen molar-refractivity contribution in [2.24, 2.45) is 0 Å². The summed E-state index contributed by atoms with van der Waals surface area (Å²) < 4.78 is 2.34. The van der Waals surface area contributed by atoms with Crippen LogP contribution >= 0.6 is 11.3 Å². The van der Waals surface area contributed by atoms with Gasteiger partial charge in [-0.25, -0.2) is 4.79 Å². The lowest BCUT2D eigenvalue weighted by atomic mass is 9.95. The molecule has 0 fully saturated rings. The molecule has 4 nitrogen and oxygen atoms in total. The number of amides is 2. The fourth-order valence-electron chi connectivity index (χ4n) is 5.36. The van der Waals surface area contributed by atoms with E-state index >= 15 is 0 Å². The average Bonchev–Trinajstić information content (AvgIpc) is 3.46. The first kappa shape index (κ1) is 21.2. The predicted octanol–water partition coefficient (Wildman–Crippen LogP) is 6.54. The Morgan fingerprint density at radius 3 is 2.59 bits per heavy atom. The first-order valence-corrected chi connectivity index (χ1v) is 13.0. The lowest BCUT2D eigenvalue weighted by molar-refractivity contribution is 0.180. The number of nitrogens with one attached hydrogen (secondary N) is 1. The molecule has 2 aliphatic rings. The zero-order chi connectivity index (χ0) is 23.1. The van der Waals surface area contributed by atoms with Crippen LogP contribution in [0.2, 0.25) is 0 Å².